The Morgan fingerprint density at radius 2 is 1.59 bits per heavy atom. The van der Waals surface area contributed by atoms with E-state index in [9.17, 15) is 9.59 Å². The highest BCUT2D eigenvalue weighted by Gasteiger charge is 2.27. The predicted molar refractivity (Wildman–Crippen MR) is 109 cm³/mol. The lowest BCUT2D eigenvalue weighted by Gasteiger charge is -2.31. The summed E-state index contributed by atoms with van der Waals surface area (Å²) >= 11 is 5.88. The molecular formula is C22H25ClN2O2. The first kappa shape index (κ1) is 19.4. The van der Waals surface area contributed by atoms with Crippen molar-refractivity contribution < 1.29 is 9.59 Å². The third kappa shape index (κ3) is 5.33. The van der Waals surface area contributed by atoms with Gasteiger partial charge in [0.05, 0.1) is 6.42 Å². The first-order valence-corrected chi connectivity index (χ1v) is 9.85. The van der Waals surface area contributed by atoms with E-state index in [-0.39, 0.29) is 17.7 Å². The molecule has 1 saturated heterocycles. The number of benzene rings is 2. The number of nitrogens with zero attached hydrogens (tertiary/aromatic N) is 1. The van der Waals surface area contributed by atoms with Crippen molar-refractivity contribution in [3.05, 3.63) is 64.7 Å². The molecule has 0 spiro atoms. The number of amides is 2. The number of rotatable bonds is 5. The second kappa shape index (κ2) is 9.05. The summed E-state index contributed by atoms with van der Waals surface area (Å²) in [7, 11) is 0. The molecule has 3 rings (SSSR count). The van der Waals surface area contributed by atoms with Gasteiger partial charge in [0.2, 0.25) is 11.8 Å². The van der Waals surface area contributed by atoms with Crippen LogP contribution in [0, 0.1) is 5.92 Å². The molecule has 0 aromatic heterocycles. The van der Waals surface area contributed by atoms with Gasteiger partial charge in [-0.3, -0.25) is 9.59 Å². The van der Waals surface area contributed by atoms with Crippen molar-refractivity contribution in [2.24, 2.45) is 5.92 Å². The summed E-state index contributed by atoms with van der Waals surface area (Å²) in [5, 5.41) is 3.67. The second-order valence-electron chi connectivity index (χ2n) is 7.00. The molecule has 1 N–H and O–H groups in total. The van der Waals surface area contributed by atoms with Crippen LogP contribution in [0.25, 0.3) is 0 Å². The van der Waals surface area contributed by atoms with Crippen molar-refractivity contribution in [2.75, 3.05) is 18.4 Å². The first-order chi connectivity index (χ1) is 13.0. The minimum Gasteiger partial charge on any atom is -0.342 e. The Labute approximate surface area is 165 Å². The van der Waals surface area contributed by atoms with Crippen LogP contribution in [-0.2, 0) is 22.4 Å². The Hall–Kier alpha value is -2.33. The maximum atomic E-state index is 12.5. The highest BCUT2D eigenvalue weighted by molar-refractivity contribution is 6.30. The van der Waals surface area contributed by atoms with Gasteiger partial charge in [0, 0.05) is 29.7 Å². The highest BCUT2D eigenvalue weighted by Crippen LogP contribution is 2.21. The lowest BCUT2D eigenvalue weighted by atomic mass is 9.95. The van der Waals surface area contributed by atoms with E-state index >= 15 is 0 Å². The summed E-state index contributed by atoms with van der Waals surface area (Å²) < 4.78 is 0. The van der Waals surface area contributed by atoms with Crippen molar-refractivity contribution in [1.29, 1.82) is 0 Å². The average Bonchev–Trinajstić information content (AvgIpc) is 2.70. The van der Waals surface area contributed by atoms with Crippen molar-refractivity contribution >= 4 is 29.1 Å². The summed E-state index contributed by atoms with van der Waals surface area (Å²) in [6.07, 6.45) is 2.75. The molecule has 0 radical (unpaired) electrons. The standard InChI is InChI=1S/C22H25ClN2O2/c1-2-16-5-9-20(10-6-16)24-22(27)18-11-13-25(14-12-18)21(26)15-17-3-7-19(23)8-4-17/h3-10,18H,2,11-15H2,1H3,(H,24,27). The highest BCUT2D eigenvalue weighted by atomic mass is 35.5. The Balaban J connectivity index is 1.47. The molecule has 2 amide bonds. The monoisotopic (exact) mass is 384 g/mol. The minimum absolute atomic E-state index is 0.0454. The minimum atomic E-state index is -0.0459. The topological polar surface area (TPSA) is 49.4 Å². The van der Waals surface area contributed by atoms with Crippen LogP contribution >= 0.6 is 11.6 Å². The van der Waals surface area contributed by atoms with Crippen LogP contribution in [0.5, 0.6) is 0 Å². The molecule has 0 unspecified atom stereocenters. The fourth-order valence-corrected chi connectivity index (χ4v) is 3.47. The Bertz CT molecular complexity index is 779. The molecule has 1 aliphatic rings. The number of nitrogens with one attached hydrogen (secondary N) is 1. The van der Waals surface area contributed by atoms with Crippen molar-refractivity contribution in [1.82, 2.24) is 4.90 Å². The van der Waals surface area contributed by atoms with Crippen LogP contribution in [0.4, 0.5) is 5.69 Å². The number of carbonyl (C=O) groups excluding carboxylic acids is 2. The van der Waals surface area contributed by atoms with E-state index in [1.54, 1.807) is 12.1 Å². The number of anilines is 1. The van der Waals surface area contributed by atoms with Crippen molar-refractivity contribution in [3.8, 4) is 0 Å². The largest absolute Gasteiger partial charge is 0.342 e. The third-order valence-electron chi connectivity index (χ3n) is 5.12. The van der Waals surface area contributed by atoms with E-state index in [4.69, 9.17) is 11.6 Å². The van der Waals surface area contributed by atoms with E-state index in [2.05, 4.69) is 12.2 Å². The van der Waals surface area contributed by atoms with E-state index in [1.807, 2.05) is 41.3 Å². The van der Waals surface area contributed by atoms with Gasteiger partial charge in [0.25, 0.3) is 0 Å². The van der Waals surface area contributed by atoms with Crippen LogP contribution in [0.15, 0.2) is 48.5 Å². The normalized spacial score (nSPS) is 14.8. The number of likely N-dealkylation sites (tertiary alicyclic amines) is 1. The maximum Gasteiger partial charge on any atom is 0.227 e. The third-order valence-corrected chi connectivity index (χ3v) is 5.37. The van der Waals surface area contributed by atoms with E-state index in [0.717, 1.165) is 17.7 Å². The molecule has 5 heteroatoms. The summed E-state index contributed by atoms with van der Waals surface area (Å²) in [5.41, 5.74) is 3.04. The van der Waals surface area contributed by atoms with Gasteiger partial charge in [0.1, 0.15) is 0 Å². The Kier molecular flexibility index (Phi) is 6.51. The van der Waals surface area contributed by atoms with Crippen LogP contribution < -0.4 is 5.32 Å². The van der Waals surface area contributed by atoms with Gasteiger partial charge in [-0.05, 0) is 54.7 Å². The van der Waals surface area contributed by atoms with Gasteiger partial charge in [-0.1, -0.05) is 42.8 Å². The number of aryl methyl sites for hydroxylation is 1. The van der Waals surface area contributed by atoms with E-state index < -0.39 is 0 Å². The van der Waals surface area contributed by atoms with Crippen LogP contribution in [0.1, 0.15) is 30.9 Å². The average molecular weight is 385 g/mol. The molecule has 4 nitrogen and oxygen atoms in total. The summed E-state index contributed by atoms with van der Waals surface area (Å²) in [5.74, 6) is 0.103. The SMILES string of the molecule is CCc1ccc(NC(=O)C2CCN(C(=O)Cc3ccc(Cl)cc3)CC2)cc1. The molecule has 0 aliphatic carbocycles. The van der Waals surface area contributed by atoms with Crippen molar-refractivity contribution in [3.63, 3.8) is 0 Å². The summed E-state index contributed by atoms with van der Waals surface area (Å²) in [6.45, 7) is 3.36. The molecule has 0 saturated carbocycles. The van der Waals surface area contributed by atoms with E-state index in [1.165, 1.54) is 5.56 Å². The number of carbonyl (C=O) groups is 2. The maximum absolute atomic E-state index is 12.5. The van der Waals surface area contributed by atoms with E-state index in [0.29, 0.717) is 37.4 Å². The van der Waals surface area contributed by atoms with Gasteiger partial charge >= 0.3 is 0 Å². The zero-order valence-electron chi connectivity index (χ0n) is 15.6. The van der Waals surface area contributed by atoms with Gasteiger partial charge in [-0.25, -0.2) is 0 Å². The first-order valence-electron chi connectivity index (χ1n) is 9.47. The fraction of sp³-hybridized carbons (Fsp3) is 0.364. The molecule has 27 heavy (non-hydrogen) atoms. The van der Waals surface area contributed by atoms with Gasteiger partial charge in [-0.15, -0.1) is 0 Å². The second-order valence-corrected chi connectivity index (χ2v) is 7.43. The quantitative estimate of drug-likeness (QED) is 0.834. The molecule has 0 atom stereocenters. The zero-order chi connectivity index (χ0) is 19.2. The Morgan fingerprint density at radius 3 is 2.19 bits per heavy atom. The zero-order valence-corrected chi connectivity index (χ0v) is 16.3. The number of hydrogen-bond acceptors (Lipinski definition) is 2. The summed E-state index contributed by atoms with van der Waals surface area (Å²) in [4.78, 5) is 26.8. The lowest BCUT2D eigenvalue weighted by molar-refractivity contribution is -0.133. The molecule has 1 fully saturated rings. The molecule has 2 aromatic carbocycles. The van der Waals surface area contributed by atoms with Gasteiger partial charge in [-0.2, -0.15) is 0 Å². The van der Waals surface area contributed by atoms with Crippen LogP contribution in [0.3, 0.4) is 0 Å². The Morgan fingerprint density at radius 1 is 1.00 bits per heavy atom. The van der Waals surface area contributed by atoms with Crippen LogP contribution in [0.2, 0.25) is 5.02 Å². The summed E-state index contributed by atoms with van der Waals surface area (Å²) in [6, 6.07) is 15.3. The molecule has 1 aliphatic heterocycles. The smallest absolute Gasteiger partial charge is 0.227 e. The predicted octanol–water partition coefficient (Wildman–Crippen LogP) is 4.32. The molecule has 142 valence electrons. The van der Waals surface area contributed by atoms with Crippen molar-refractivity contribution in [2.45, 2.75) is 32.6 Å². The van der Waals surface area contributed by atoms with Gasteiger partial charge in [0.15, 0.2) is 0 Å². The molecular weight excluding hydrogens is 360 g/mol. The fourth-order valence-electron chi connectivity index (χ4n) is 3.35. The lowest BCUT2D eigenvalue weighted by Crippen LogP contribution is -2.42. The van der Waals surface area contributed by atoms with Crippen LogP contribution in [-0.4, -0.2) is 29.8 Å². The number of halogens is 1. The molecule has 1 heterocycles. The van der Waals surface area contributed by atoms with Gasteiger partial charge < -0.3 is 10.2 Å². The number of hydrogen-bond donors (Lipinski definition) is 1. The molecule has 0 bridgehead atoms. The number of piperidine rings is 1. The molecule has 2 aromatic rings.